The van der Waals surface area contributed by atoms with Gasteiger partial charge >= 0.3 is 0 Å². The second kappa shape index (κ2) is 8.20. The molecule has 0 saturated carbocycles. The van der Waals surface area contributed by atoms with Crippen molar-refractivity contribution in [1.82, 2.24) is 4.31 Å². The molecule has 7 heteroatoms. The molecule has 0 bridgehead atoms. The van der Waals surface area contributed by atoms with Gasteiger partial charge < -0.3 is 5.32 Å². The predicted octanol–water partition coefficient (Wildman–Crippen LogP) is 3.81. The maximum Gasteiger partial charge on any atom is 0.243 e. The number of hydrogen-bond acceptors (Lipinski definition) is 4. The number of anilines is 1. The lowest BCUT2D eigenvalue weighted by atomic mass is 10.1. The van der Waals surface area contributed by atoms with E-state index in [0.29, 0.717) is 23.7 Å². The van der Waals surface area contributed by atoms with Crippen LogP contribution in [-0.4, -0.2) is 38.1 Å². The molecular weight excluding hydrogens is 372 g/mol. The second-order valence-corrected chi connectivity index (χ2v) is 8.65. The van der Waals surface area contributed by atoms with E-state index in [2.05, 4.69) is 5.32 Å². The Morgan fingerprint density at radius 1 is 0.962 bits per heavy atom. The third-order valence-electron chi connectivity index (χ3n) is 4.43. The lowest BCUT2D eigenvalue weighted by molar-refractivity contribution is 0.101. The van der Waals surface area contributed by atoms with Crippen molar-refractivity contribution in [3.8, 4) is 0 Å². The van der Waals surface area contributed by atoms with E-state index >= 15 is 0 Å². The molecule has 1 aliphatic rings. The zero-order valence-electron chi connectivity index (χ0n) is 14.3. The van der Waals surface area contributed by atoms with Crippen molar-refractivity contribution in [2.75, 3.05) is 25.0 Å². The highest BCUT2D eigenvalue weighted by Crippen LogP contribution is 2.21. The van der Waals surface area contributed by atoms with Crippen LogP contribution < -0.4 is 5.32 Å². The number of piperidine rings is 1. The van der Waals surface area contributed by atoms with Crippen molar-refractivity contribution in [1.29, 1.82) is 0 Å². The number of nitrogens with one attached hydrogen (secondary N) is 1. The van der Waals surface area contributed by atoms with Gasteiger partial charge in [-0.3, -0.25) is 4.79 Å². The summed E-state index contributed by atoms with van der Waals surface area (Å²) in [6, 6.07) is 13.3. The van der Waals surface area contributed by atoms with E-state index in [1.165, 1.54) is 16.4 Å². The Balaban J connectivity index is 1.64. The van der Waals surface area contributed by atoms with Gasteiger partial charge in [-0.1, -0.05) is 18.0 Å². The highest BCUT2D eigenvalue weighted by Gasteiger charge is 2.25. The molecule has 138 valence electrons. The van der Waals surface area contributed by atoms with Crippen molar-refractivity contribution in [2.45, 2.75) is 24.2 Å². The van der Waals surface area contributed by atoms with Gasteiger partial charge in [0.1, 0.15) is 0 Å². The molecule has 1 fully saturated rings. The van der Waals surface area contributed by atoms with Crippen LogP contribution in [0.5, 0.6) is 0 Å². The van der Waals surface area contributed by atoms with Crippen molar-refractivity contribution in [2.24, 2.45) is 0 Å². The van der Waals surface area contributed by atoms with E-state index in [-0.39, 0.29) is 17.2 Å². The molecule has 1 heterocycles. The zero-order chi connectivity index (χ0) is 18.6. The van der Waals surface area contributed by atoms with Gasteiger partial charge in [0.15, 0.2) is 5.78 Å². The molecule has 3 rings (SSSR count). The van der Waals surface area contributed by atoms with E-state index in [0.717, 1.165) is 24.9 Å². The second-order valence-electron chi connectivity index (χ2n) is 6.27. The summed E-state index contributed by atoms with van der Waals surface area (Å²) in [6.07, 6.45) is 2.86. The Hall–Kier alpha value is -1.89. The van der Waals surface area contributed by atoms with Gasteiger partial charge in [0.2, 0.25) is 10.0 Å². The minimum Gasteiger partial charge on any atom is -0.378 e. The average molecular weight is 393 g/mol. The van der Waals surface area contributed by atoms with Gasteiger partial charge in [0, 0.05) is 29.4 Å². The van der Waals surface area contributed by atoms with Crippen LogP contribution in [0.4, 0.5) is 5.69 Å². The van der Waals surface area contributed by atoms with Crippen LogP contribution in [0.1, 0.15) is 29.6 Å². The summed E-state index contributed by atoms with van der Waals surface area (Å²) in [4.78, 5) is 12.5. The molecule has 2 aromatic carbocycles. The van der Waals surface area contributed by atoms with Crippen LogP contribution in [0, 0.1) is 0 Å². The van der Waals surface area contributed by atoms with Gasteiger partial charge in [0.05, 0.1) is 11.4 Å². The number of halogens is 1. The number of sulfonamides is 1. The first-order chi connectivity index (χ1) is 12.5. The van der Waals surface area contributed by atoms with Crippen LogP contribution in [-0.2, 0) is 10.0 Å². The normalized spacial score (nSPS) is 15.6. The summed E-state index contributed by atoms with van der Waals surface area (Å²) in [7, 11) is -3.47. The Morgan fingerprint density at radius 2 is 1.58 bits per heavy atom. The summed E-state index contributed by atoms with van der Waals surface area (Å²) < 4.78 is 26.8. The molecule has 0 unspecified atom stereocenters. The molecule has 1 N–H and O–H groups in total. The molecule has 0 aromatic heterocycles. The Labute approximate surface area is 159 Å². The van der Waals surface area contributed by atoms with Gasteiger partial charge in [-0.25, -0.2) is 8.42 Å². The van der Waals surface area contributed by atoms with Gasteiger partial charge in [-0.05, 0) is 61.4 Å². The molecule has 1 saturated heterocycles. The van der Waals surface area contributed by atoms with Crippen molar-refractivity contribution in [3.05, 3.63) is 59.1 Å². The molecule has 1 aliphatic heterocycles. The minimum atomic E-state index is -3.47. The maximum atomic E-state index is 12.6. The summed E-state index contributed by atoms with van der Waals surface area (Å²) >= 11 is 5.83. The topological polar surface area (TPSA) is 66.5 Å². The SMILES string of the molecule is O=C(CNc1ccc(Cl)cc1)c1ccc(S(=O)(=O)N2CCCCC2)cc1. The fraction of sp³-hybridized carbons (Fsp3) is 0.316. The minimum absolute atomic E-state index is 0.109. The first-order valence-electron chi connectivity index (χ1n) is 8.60. The third-order valence-corrected chi connectivity index (χ3v) is 6.59. The first kappa shape index (κ1) is 18.9. The number of rotatable bonds is 6. The monoisotopic (exact) mass is 392 g/mol. The smallest absolute Gasteiger partial charge is 0.243 e. The van der Waals surface area contributed by atoms with Crippen LogP contribution >= 0.6 is 11.6 Å². The van der Waals surface area contributed by atoms with Crippen molar-refractivity contribution >= 4 is 33.1 Å². The quantitative estimate of drug-likeness (QED) is 0.759. The Morgan fingerprint density at radius 3 is 2.19 bits per heavy atom. The van der Waals surface area contributed by atoms with Gasteiger partial charge in [-0.15, -0.1) is 0 Å². The number of nitrogens with zero attached hydrogens (tertiary/aromatic N) is 1. The van der Waals surface area contributed by atoms with Crippen LogP contribution in [0.3, 0.4) is 0 Å². The third kappa shape index (κ3) is 4.44. The predicted molar refractivity (Wildman–Crippen MR) is 103 cm³/mol. The number of ketones is 1. The van der Waals surface area contributed by atoms with Crippen LogP contribution in [0.2, 0.25) is 5.02 Å². The summed E-state index contributed by atoms with van der Waals surface area (Å²) in [5, 5.41) is 3.66. The Bertz CT molecular complexity index is 859. The number of hydrogen-bond donors (Lipinski definition) is 1. The van der Waals surface area contributed by atoms with E-state index < -0.39 is 10.0 Å². The molecule has 0 radical (unpaired) electrons. The fourth-order valence-electron chi connectivity index (χ4n) is 2.92. The largest absolute Gasteiger partial charge is 0.378 e. The summed E-state index contributed by atoms with van der Waals surface area (Å²) in [5.74, 6) is -0.109. The highest BCUT2D eigenvalue weighted by atomic mass is 35.5. The van der Waals surface area contributed by atoms with Gasteiger partial charge in [-0.2, -0.15) is 4.31 Å². The van der Waals surface area contributed by atoms with E-state index in [4.69, 9.17) is 11.6 Å². The Kier molecular flexibility index (Phi) is 5.96. The van der Waals surface area contributed by atoms with E-state index in [9.17, 15) is 13.2 Å². The first-order valence-corrected chi connectivity index (χ1v) is 10.4. The van der Waals surface area contributed by atoms with Crippen LogP contribution in [0.15, 0.2) is 53.4 Å². The number of carbonyl (C=O) groups is 1. The standard InChI is InChI=1S/C19H21ClN2O3S/c20-16-6-8-17(9-7-16)21-14-19(23)15-4-10-18(11-5-15)26(24,25)22-12-2-1-3-13-22/h4-11,21H,1-3,12-14H2. The molecule has 2 aromatic rings. The molecule has 0 atom stereocenters. The molecule has 26 heavy (non-hydrogen) atoms. The average Bonchev–Trinajstić information content (AvgIpc) is 2.68. The highest BCUT2D eigenvalue weighted by molar-refractivity contribution is 7.89. The lowest BCUT2D eigenvalue weighted by Crippen LogP contribution is -2.35. The maximum absolute atomic E-state index is 12.6. The zero-order valence-corrected chi connectivity index (χ0v) is 15.9. The molecule has 5 nitrogen and oxygen atoms in total. The number of benzene rings is 2. The summed E-state index contributed by atoms with van der Waals surface area (Å²) in [6.45, 7) is 1.25. The van der Waals surface area contributed by atoms with E-state index in [1.54, 1.807) is 36.4 Å². The summed E-state index contributed by atoms with van der Waals surface area (Å²) in [5.41, 5.74) is 1.27. The molecule has 0 spiro atoms. The molecular formula is C19H21ClN2O3S. The van der Waals surface area contributed by atoms with Crippen molar-refractivity contribution in [3.63, 3.8) is 0 Å². The van der Waals surface area contributed by atoms with Crippen LogP contribution in [0.25, 0.3) is 0 Å². The van der Waals surface area contributed by atoms with E-state index in [1.807, 2.05) is 0 Å². The number of carbonyl (C=O) groups excluding carboxylic acids is 1. The lowest BCUT2D eigenvalue weighted by Gasteiger charge is -2.25. The van der Waals surface area contributed by atoms with Gasteiger partial charge in [0.25, 0.3) is 0 Å². The van der Waals surface area contributed by atoms with Crippen molar-refractivity contribution < 1.29 is 13.2 Å². The fourth-order valence-corrected chi connectivity index (χ4v) is 4.56. The molecule has 0 amide bonds. The number of Topliss-reactive ketones (excluding diaryl/α,β-unsaturated/α-hetero) is 1. The molecule has 0 aliphatic carbocycles.